The molecule has 13 heteroatoms. The van der Waals surface area contributed by atoms with E-state index >= 15 is 0 Å². The number of fused-ring (bicyclic) bond motifs is 5. The van der Waals surface area contributed by atoms with Crippen molar-refractivity contribution < 1.29 is 28.7 Å². The van der Waals surface area contributed by atoms with Crippen LogP contribution in [0.25, 0.3) is 0 Å². The fourth-order valence-electron chi connectivity index (χ4n) is 6.86. The second-order valence-corrected chi connectivity index (χ2v) is 15.4. The molecule has 1 aliphatic heterocycles. The first-order chi connectivity index (χ1) is 21.3. The van der Waals surface area contributed by atoms with Gasteiger partial charge in [-0.2, -0.15) is 5.01 Å². The van der Waals surface area contributed by atoms with Crippen LogP contribution >= 0.6 is 0 Å². The van der Waals surface area contributed by atoms with E-state index < -0.39 is 22.4 Å². The quantitative estimate of drug-likeness (QED) is 0.132. The maximum atomic E-state index is 14.3. The van der Waals surface area contributed by atoms with Crippen LogP contribution in [0.2, 0.25) is 0 Å². The molecule has 46 heavy (non-hydrogen) atoms. The van der Waals surface area contributed by atoms with Crippen LogP contribution in [0, 0.1) is 35.0 Å². The number of rotatable bonds is 15. The number of carbonyl (C=O) groups excluding carboxylic acids is 5. The summed E-state index contributed by atoms with van der Waals surface area (Å²) in [7, 11) is 1.63. The predicted molar refractivity (Wildman–Crippen MR) is 169 cm³/mol. The molecule has 2 aliphatic carbocycles. The standard InChI is InChI=1S/C33H51N7O6/c1-20(2)46-18-32(6,7)34-27(42)21(3)14-31(4,5)30(45)38(15-24-16-39(36-35-24)33(8,9)17-41)19-37(10)40-28(43)25-22-11-12-23(13-22)26(25)29(40)44/h11-12,16-17,20-23,25-26H,13-15,18-19H2,1-10H3,(H,34,42). The molecule has 3 aliphatic rings. The van der Waals surface area contributed by atoms with Gasteiger partial charge in [0.2, 0.25) is 23.6 Å². The van der Waals surface area contributed by atoms with Crippen molar-refractivity contribution in [3.8, 4) is 0 Å². The minimum atomic E-state index is -1.01. The maximum absolute atomic E-state index is 14.3. The lowest BCUT2D eigenvalue weighted by Crippen LogP contribution is -2.53. The lowest BCUT2D eigenvalue weighted by Gasteiger charge is -2.37. The highest BCUT2D eigenvalue weighted by atomic mass is 16.5. The van der Waals surface area contributed by atoms with Crippen molar-refractivity contribution in [2.45, 2.75) is 98.9 Å². The van der Waals surface area contributed by atoms with E-state index in [0.29, 0.717) is 12.3 Å². The van der Waals surface area contributed by atoms with Crippen molar-refractivity contribution in [2.24, 2.45) is 35.0 Å². The number of hydrazine groups is 1. The van der Waals surface area contributed by atoms with Crippen LogP contribution in [-0.4, -0.2) is 91.8 Å². The van der Waals surface area contributed by atoms with E-state index in [2.05, 4.69) is 15.6 Å². The number of aldehydes is 1. The van der Waals surface area contributed by atoms with E-state index in [1.165, 1.54) is 19.6 Å². The molecule has 2 heterocycles. The van der Waals surface area contributed by atoms with Crippen molar-refractivity contribution in [1.29, 1.82) is 0 Å². The van der Waals surface area contributed by atoms with Crippen LogP contribution in [0.1, 0.15) is 80.8 Å². The molecule has 13 nitrogen and oxygen atoms in total. The summed E-state index contributed by atoms with van der Waals surface area (Å²) in [5, 5.41) is 14.1. The topological polar surface area (TPSA) is 147 Å². The molecule has 4 rings (SSSR count). The summed E-state index contributed by atoms with van der Waals surface area (Å²) in [5.74, 6) is -2.08. The van der Waals surface area contributed by atoms with Gasteiger partial charge in [0.25, 0.3) is 0 Å². The minimum absolute atomic E-state index is 0.0115. The van der Waals surface area contributed by atoms with Gasteiger partial charge in [-0.15, -0.1) is 5.10 Å². The van der Waals surface area contributed by atoms with Crippen LogP contribution in [0.3, 0.4) is 0 Å². The minimum Gasteiger partial charge on any atom is -0.376 e. The molecule has 254 valence electrons. The second-order valence-electron chi connectivity index (χ2n) is 15.4. The fourth-order valence-corrected chi connectivity index (χ4v) is 6.86. The molecule has 1 N–H and O–H groups in total. The highest BCUT2D eigenvalue weighted by Gasteiger charge is 2.60. The van der Waals surface area contributed by atoms with Gasteiger partial charge in [-0.3, -0.25) is 19.2 Å². The van der Waals surface area contributed by atoms with Crippen LogP contribution in [0.5, 0.6) is 0 Å². The molecule has 0 aromatic carbocycles. The SMILES string of the molecule is CC(C)OCC(C)(C)NC(=O)C(C)CC(C)(C)C(=O)N(Cc1cn(C(C)(C)C=O)nn1)CN(C)N1C(=O)C2C3C=CC(C3)C2C1=O. The first-order valence-corrected chi connectivity index (χ1v) is 16.2. The molecule has 0 radical (unpaired) electrons. The number of ether oxygens (including phenoxy) is 1. The van der Waals surface area contributed by atoms with Gasteiger partial charge in [0, 0.05) is 18.4 Å². The van der Waals surface area contributed by atoms with Gasteiger partial charge in [0.05, 0.1) is 49.5 Å². The first-order valence-electron chi connectivity index (χ1n) is 16.2. The number of hydrogen-bond donors (Lipinski definition) is 1. The van der Waals surface area contributed by atoms with Gasteiger partial charge in [0.15, 0.2) is 0 Å². The number of allylic oxidation sites excluding steroid dienone is 2. The molecule has 1 aromatic rings. The number of hydrogen-bond acceptors (Lipinski definition) is 9. The summed E-state index contributed by atoms with van der Waals surface area (Å²) in [6, 6.07) is 0. The fraction of sp³-hybridized carbons (Fsp3) is 0.727. The van der Waals surface area contributed by atoms with Crippen LogP contribution in [0.15, 0.2) is 18.3 Å². The number of carbonyl (C=O) groups is 5. The Morgan fingerprint density at radius 2 is 1.65 bits per heavy atom. The van der Waals surface area contributed by atoms with Gasteiger partial charge >= 0.3 is 0 Å². The van der Waals surface area contributed by atoms with Gasteiger partial charge < -0.3 is 19.7 Å². The monoisotopic (exact) mass is 641 g/mol. The second kappa shape index (κ2) is 13.0. The van der Waals surface area contributed by atoms with Gasteiger partial charge in [-0.05, 0) is 66.2 Å². The number of nitrogens with one attached hydrogen (secondary N) is 1. The Hall–Kier alpha value is -3.45. The molecule has 5 unspecified atom stereocenters. The predicted octanol–water partition coefficient (Wildman–Crippen LogP) is 2.52. The van der Waals surface area contributed by atoms with Crippen LogP contribution in [-0.2, 0) is 40.8 Å². The molecule has 0 spiro atoms. The van der Waals surface area contributed by atoms with Crippen molar-refractivity contribution in [3.05, 3.63) is 24.0 Å². The lowest BCUT2D eigenvalue weighted by molar-refractivity contribution is -0.166. The highest BCUT2D eigenvalue weighted by molar-refractivity contribution is 6.05. The van der Waals surface area contributed by atoms with Crippen LogP contribution < -0.4 is 5.32 Å². The molecule has 2 fully saturated rings. The van der Waals surface area contributed by atoms with Crippen LogP contribution in [0.4, 0.5) is 0 Å². The molecular weight excluding hydrogens is 590 g/mol. The summed E-state index contributed by atoms with van der Waals surface area (Å²) in [5.41, 5.74) is -2.11. The average Bonchev–Trinajstić information content (AvgIpc) is 3.75. The third-order valence-corrected chi connectivity index (χ3v) is 9.31. The summed E-state index contributed by atoms with van der Waals surface area (Å²) in [6.07, 6.45) is 7.54. The number of amides is 4. The highest BCUT2D eigenvalue weighted by Crippen LogP contribution is 2.52. The Bertz CT molecular complexity index is 1350. The van der Waals surface area contributed by atoms with Crippen molar-refractivity contribution in [2.75, 3.05) is 20.3 Å². The zero-order valence-corrected chi connectivity index (χ0v) is 28.9. The normalized spacial score (nSPS) is 23.4. The van der Waals surface area contributed by atoms with E-state index in [0.717, 1.165) is 12.7 Å². The molecule has 2 bridgehead atoms. The summed E-state index contributed by atoms with van der Waals surface area (Å²) < 4.78 is 7.14. The number of nitrogens with zero attached hydrogens (tertiary/aromatic N) is 6. The Labute approximate surface area is 272 Å². The molecule has 1 saturated carbocycles. The van der Waals surface area contributed by atoms with Gasteiger partial charge in [-0.25, -0.2) is 9.69 Å². The zero-order valence-electron chi connectivity index (χ0n) is 28.9. The third-order valence-electron chi connectivity index (χ3n) is 9.31. The molecular formula is C33H51N7O6. The Kier molecular flexibility index (Phi) is 9.99. The van der Waals surface area contributed by atoms with E-state index in [-0.39, 0.29) is 73.0 Å². The Balaban J connectivity index is 1.53. The van der Waals surface area contributed by atoms with Crippen molar-refractivity contribution in [3.63, 3.8) is 0 Å². The zero-order chi connectivity index (χ0) is 34.4. The van der Waals surface area contributed by atoms with Gasteiger partial charge in [0.1, 0.15) is 17.5 Å². The molecule has 1 saturated heterocycles. The summed E-state index contributed by atoms with van der Waals surface area (Å²) in [4.78, 5) is 67.7. The third kappa shape index (κ3) is 7.25. The van der Waals surface area contributed by atoms with E-state index in [1.807, 2.05) is 39.8 Å². The average molecular weight is 642 g/mol. The number of aromatic nitrogens is 3. The maximum Gasteiger partial charge on any atom is 0.248 e. The van der Waals surface area contributed by atoms with Gasteiger partial charge in [-0.1, -0.05) is 38.1 Å². The first kappa shape index (κ1) is 35.4. The van der Waals surface area contributed by atoms with E-state index in [9.17, 15) is 24.0 Å². The van der Waals surface area contributed by atoms with E-state index in [1.54, 1.807) is 47.9 Å². The van der Waals surface area contributed by atoms with E-state index in [4.69, 9.17) is 4.74 Å². The summed E-state index contributed by atoms with van der Waals surface area (Å²) >= 11 is 0. The molecule has 5 atom stereocenters. The smallest absolute Gasteiger partial charge is 0.248 e. The Morgan fingerprint density at radius 1 is 1.07 bits per heavy atom. The van der Waals surface area contributed by atoms with Crippen molar-refractivity contribution >= 4 is 29.9 Å². The summed E-state index contributed by atoms with van der Waals surface area (Å²) in [6.45, 7) is 16.7. The Morgan fingerprint density at radius 3 is 2.20 bits per heavy atom. The lowest BCUT2D eigenvalue weighted by atomic mass is 9.81. The molecule has 1 aromatic heterocycles. The number of imide groups is 1. The largest absolute Gasteiger partial charge is 0.376 e. The van der Waals surface area contributed by atoms with Crippen molar-refractivity contribution in [1.82, 2.24) is 35.2 Å². The molecule has 4 amide bonds.